The van der Waals surface area contributed by atoms with Gasteiger partial charge in [-0.2, -0.15) is 0 Å². The maximum Gasteiger partial charge on any atom is 0.308 e. The van der Waals surface area contributed by atoms with E-state index in [2.05, 4.69) is 16.4 Å². The molecule has 1 aromatic carbocycles. The molecule has 1 N–H and O–H groups in total. The van der Waals surface area contributed by atoms with Gasteiger partial charge in [-0.15, -0.1) is 11.8 Å². The largest absolute Gasteiger partial charge is 0.325 e. The first kappa shape index (κ1) is 20.2. The summed E-state index contributed by atoms with van der Waals surface area (Å²) in [6, 6.07) is 9.74. The Bertz CT molecular complexity index is 1220. The summed E-state index contributed by atoms with van der Waals surface area (Å²) in [7, 11) is 0. The van der Waals surface area contributed by atoms with E-state index in [1.807, 2.05) is 24.0 Å². The first-order valence-corrected chi connectivity index (χ1v) is 12.6. The molecule has 4 unspecified atom stereocenters. The van der Waals surface area contributed by atoms with Crippen LogP contribution in [0.5, 0.6) is 0 Å². The van der Waals surface area contributed by atoms with E-state index in [-0.39, 0.29) is 29.1 Å². The molecular weight excluding hydrogens is 445 g/mol. The van der Waals surface area contributed by atoms with Crippen LogP contribution in [0.15, 0.2) is 58.6 Å². The summed E-state index contributed by atoms with van der Waals surface area (Å²) in [4.78, 5) is 31.1. The van der Waals surface area contributed by atoms with Crippen LogP contribution in [0.2, 0.25) is 0 Å². The topological polar surface area (TPSA) is 64.0 Å². The van der Waals surface area contributed by atoms with Crippen molar-refractivity contribution >= 4 is 34.7 Å². The van der Waals surface area contributed by atoms with Crippen LogP contribution in [0, 0.1) is 23.6 Å². The summed E-state index contributed by atoms with van der Waals surface area (Å²) < 4.78 is 14.8. The Morgan fingerprint density at radius 3 is 2.78 bits per heavy atom. The van der Waals surface area contributed by atoms with Gasteiger partial charge in [0.05, 0.1) is 5.03 Å². The number of thiazole rings is 1. The quantitative estimate of drug-likeness (QED) is 0.602. The lowest BCUT2D eigenvalue weighted by molar-refractivity contribution is -0.116. The molecule has 164 valence electrons. The number of fused-ring (bicyclic) bond motifs is 6. The van der Waals surface area contributed by atoms with Crippen molar-refractivity contribution in [2.45, 2.75) is 42.0 Å². The Hall–Kier alpha value is -2.45. The molecule has 3 aromatic rings. The number of aromatic nitrogens is 2. The van der Waals surface area contributed by atoms with E-state index in [1.54, 1.807) is 10.8 Å². The van der Waals surface area contributed by atoms with Crippen LogP contribution in [0.3, 0.4) is 0 Å². The van der Waals surface area contributed by atoms with Crippen LogP contribution in [-0.4, -0.2) is 20.7 Å². The normalized spacial score (nSPS) is 27.7. The molecule has 2 aliphatic carbocycles. The van der Waals surface area contributed by atoms with E-state index in [4.69, 9.17) is 0 Å². The summed E-state index contributed by atoms with van der Waals surface area (Å²) in [5, 5.41) is 4.20. The first-order chi connectivity index (χ1) is 15.6. The van der Waals surface area contributed by atoms with Crippen molar-refractivity contribution in [2.24, 2.45) is 17.8 Å². The molecule has 2 bridgehead atoms. The Kier molecular flexibility index (Phi) is 4.95. The molecule has 6 rings (SSSR count). The molecule has 32 heavy (non-hydrogen) atoms. The average Bonchev–Trinajstić information content (AvgIpc) is 3.49. The lowest BCUT2D eigenvalue weighted by Gasteiger charge is -2.40. The summed E-state index contributed by atoms with van der Waals surface area (Å²) in [6.07, 6.45) is 7.52. The molecule has 5 atom stereocenters. The number of hydrogen-bond donors (Lipinski definition) is 1. The fourth-order valence-corrected chi connectivity index (χ4v) is 9.05. The summed E-state index contributed by atoms with van der Waals surface area (Å²) in [5.41, 5.74) is 1.68. The number of anilines is 1. The summed E-state index contributed by atoms with van der Waals surface area (Å²) in [6.45, 7) is -0.0414. The van der Waals surface area contributed by atoms with Gasteiger partial charge in [0.15, 0.2) is 0 Å². The molecule has 1 aliphatic heterocycles. The van der Waals surface area contributed by atoms with Crippen molar-refractivity contribution in [3.8, 4) is 0 Å². The third-order valence-electron chi connectivity index (χ3n) is 7.16. The SMILES string of the molecule is O=C(Cn1c2c(sc1=O)[C@@H](c1cccnc1)C1C3CCC(C3)C1S2)Nc1ccc(F)cc1. The van der Waals surface area contributed by atoms with Crippen molar-refractivity contribution in [1.29, 1.82) is 0 Å². The maximum absolute atomic E-state index is 13.2. The highest BCUT2D eigenvalue weighted by molar-refractivity contribution is 8.00. The molecule has 2 fully saturated rings. The van der Waals surface area contributed by atoms with E-state index in [0.29, 0.717) is 28.7 Å². The van der Waals surface area contributed by atoms with Gasteiger partial charge in [-0.1, -0.05) is 17.4 Å². The fourth-order valence-electron chi connectivity index (χ4n) is 5.90. The maximum atomic E-state index is 13.2. The number of carbonyl (C=O) groups is 1. The Morgan fingerprint density at radius 1 is 1.19 bits per heavy atom. The van der Waals surface area contributed by atoms with Gasteiger partial charge in [0, 0.05) is 34.1 Å². The van der Waals surface area contributed by atoms with E-state index in [1.165, 1.54) is 60.4 Å². The smallest absolute Gasteiger partial charge is 0.308 e. The van der Waals surface area contributed by atoms with Crippen LogP contribution in [-0.2, 0) is 11.3 Å². The second-order valence-electron chi connectivity index (χ2n) is 8.94. The third-order valence-corrected chi connectivity index (χ3v) is 9.99. The number of hydrogen-bond acceptors (Lipinski definition) is 5. The van der Waals surface area contributed by atoms with Gasteiger partial charge in [-0.25, -0.2) is 4.39 Å². The van der Waals surface area contributed by atoms with Gasteiger partial charge in [-0.3, -0.25) is 19.1 Å². The second-order valence-corrected chi connectivity index (χ2v) is 11.1. The predicted molar refractivity (Wildman–Crippen MR) is 124 cm³/mol. The molecule has 2 saturated carbocycles. The van der Waals surface area contributed by atoms with Crippen molar-refractivity contribution in [3.05, 3.63) is 74.7 Å². The fraction of sp³-hybridized carbons (Fsp3) is 0.375. The van der Waals surface area contributed by atoms with E-state index in [0.717, 1.165) is 9.90 Å². The third kappa shape index (κ3) is 3.31. The average molecular weight is 468 g/mol. The highest BCUT2D eigenvalue weighted by atomic mass is 32.2. The number of benzene rings is 1. The van der Waals surface area contributed by atoms with E-state index >= 15 is 0 Å². The number of halogens is 1. The molecule has 0 saturated heterocycles. The second kappa shape index (κ2) is 7.85. The minimum atomic E-state index is -0.357. The van der Waals surface area contributed by atoms with Crippen molar-refractivity contribution in [1.82, 2.24) is 9.55 Å². The van der Waals surface area contributed by atoms with Crippen LogP contribution >= 0.6 is 23.1 Å². The van der Waals surface area contributed by atoms with Gasteiger partial charge in [0.25, 0.3) is 0 Å². The molecule has 3 heterocycles. The van der Waals surface area contributed by atoms with Gasteiger partial charge >= 0.3 is 4.87 Å². The van der Waals surface area contributed by atoms with Crippen LogP contribution < -0.4 is 10.2 Å². The Morgan fingerprint density at radius 2 is 2.00 bits per heavy atom. The molecule has 0 radical (unpaired) electrons. The molecule has 8 heteroatoms. The van der Waals surface area contributed by atoms with Gasteiger partial charge in [-0.05, 0) is 72.9 Å². The van der Waals surface area contributed by atoms with Gasteiger partial charge < -0.3 is 5.32 Å². The molecule has 0 spiro atoms. The predicted octanol–water partition coefficient (Wildman–Crippen LogP) is 4.73. The van der Waals surface area contributed by atoms with Crippen LogP contribution in [0.25, 0.3) is 0 Å². The van der Waals surface area contributed by atoms with Crippen molar-refractivity contribution in [3.63, 3.8) is 0 Å². The number of nitrogens with one attached hydrogen (secondary N) is 1. The molecule has 1 amide bonds. The van der Waals surface area contributed by atoms with Crippen molar-refractivity contribution in [2.75, 3.05) is 5.32 Å². The molecule has 5 nitrogen and oxygen atoms in total. The standard InChI is InChI=1S/C24H22FN3O2S2/c25-16-5-7-17(8-6-16)27-18(29)12-28-23-22(32-24(28)30)20(15-2-1-9-26-11-15)19-13-3-4-14(10-13)21(19)31-23/h1-2,5-9,11,13-14,19-21H,3-4,10,12H2,(H,27,29)/t13?,14?,19?,20-,21?/m0/s1. The number of amides is 1. The number of nitrogens with zero attached hydrogens (tertiary/aromatic N) is 2. The van der Waals surface area contributed by atoms with E-state index in [9.17, 15) is 14.0 Å². The zero-order chi connectivity index (χ0) is 21.8. The lowest BCUT2D eigenvalue weighted by atomic mass is 9.75. The highest BCUT2D eigenvalue weighted by Crippen LogP contribution is 2.63. The van der Waals surface area contributed by atoms with Crippen molar-refractivity contribution < 1.29 is 9.18 Å². The number of rotatable bonds is 4. The Labute approximate surface area is 193 Å². The number of thioether (sulfide) groups is 1. The number of pyridine rings is 1. The number of carbonyl (C=O) groups excluding carboxylic acids is 1. The first-order valence-electron chi connectivity index (χ1n) is 10.9. The monoisotopic (exact) mass is 467 g/mol. The van der Waals surface area contributed by atoms with Gasteiger partial charge in [0.1, 0.15) is 12.4 Å². The van der Waals surface area contributed by atoms with Crippen LogP contribution in [0.4, 0.5) is 10.1 Å². The lowest BCUT2D eigenvalue weighted by Crippen LogP contribution is -2.34. The molecular formula is C24H22FN3O2S2. The summed E-state index contributed by atoms with van der Waals surface area (Å²) >= 11 is 3.09. The minimum Gasteiger partial charge on any atom is -0.325 e. The molecule has 2 aromatic heterocycles. The zero-order valence-corrected chi connectivity index (χ0v) is 18.9. The Balaban J connectivity index is 1.35. The highest BCUT2D eigenvalue weighted by Gasteiger charge is 2.55. The molecule has 3 aliphatic rings. The minimum absolute atomic E-state index is 0.0414. The van der Waals surface area contributed by atoms with E-state index < -0.39 is 0 Å². The summed E-state index contributed by atoms with van der Waals surface area (Å²) in [5.74, 6) is 1.42. The van der Waals surface area contributed by atoms with Crippen LogP contribution in [0.1, 0.15) is 35.6 Å². The zero-order valence-electron chi connectivity index (χ0n) is 17.2. The van der Waals surface area contributed by atoms with Gasteiger partial charge in [0.2, 0.25) is 5.91 Å².